The molecule has 0 radical (unpaired) electrons. The molecule has 1 heterocycles. The van der Waals surface area contributed by atoms with E-state index in [4.69, 9.17) is 5.73 Å². The average Bonchev–Trinajstić information content (AvgIpc) is 3.21. The maximum atomic E-state index is 13.7. The van der Waals surface area contributed by atoms with Gasteiger partial charge in [0.1, 0.15) is 0 Å². The lowest BCUT2D eigenvalue weighted by Crippen LogP contribution is -2.30. The van der Waals surface area contributed by atoms with Gasteiger partial charge in [0.2, 0.25) is 5.91 Å². The average molecular weight is 475 g/mol. The molecule has 1 amide bonds. The van der Waals surface area contributed by atoms with Gasteiger partial charge in [-0.1, -0.05) is 6.07 Å². The van der Waals surface area contributed by atoms with Crippen LogP contribution in [-0.2, 0) is 16.6 Å². The van der Waals surface area contributed by atoms with Crippen LogP contribution in [0.4, 0.5) is 22.7 Å². The second kappa shape index (κ2) is 8.51. The zero-order valence-electron chi connectivity index (χ0n) is 15.3. The summed E-state index contributed by atoms with van der Waals surface area (Å²) in [4.78, 5) is 15.0. The van der Waals surface area contributed by atoms with Crippen LogP contribution in [0.5, 0.6) is 5.75 Å². The third kappa shape index (κ3) is 5.30. The predicted octanol–water partition coefficient (Wildman–Crippen LogP) is 3.68. The summed E-state index contributed by atoms with van der Waals surface area (Å²) in [6, 6.07) is 7.41. The SMILES string of the molecule is NC(=O)c1ccc(S(=O)(=O)N(Cc2ccc(F)c(OC(F)(F)F)c2)c2nccs2)cc1. The molecule has 3 rings (SSSR count). The highest BCUT2D eigenvalue weighted by Gasteiger charge is 2.33. The summed E-state index contributed by atoms with van der Waals surface area (Å²) >= 11 is 0.973. The number of nitrogens with two attached hydrogens (primary N) is 1. The molecule has 0 bridgehead atoms. The van der Waals surface area contributed by atoms with E-state index in [1.807, 2.05) is 0 Å². The number of ether oxygens (including phenoxy) is 1. The number of thiazole rings is 1. The van der Waals surface area contributed by atoms with Gasteiger partial charge in [-0.2, -0.15) is 0 Å². The number of halogens is 4. The van der Waals surface area contributed by atoms with E-state index in [0.29, 0.717) is 0 Å². The Morgan fingerprint density at radius 3 is 2.39 bits per heavy atom. The molecule has 0 saturated carbocycles. The van der Waals surface area contributed by atoms with Crippen molar-refractivity contribution in [1.82, 2.24) is 4.98 Å². The first-order chi connectivity index (χ1) is 14.5. The van der Waals surface area contributed by atoms with Crippen LogP contribution >= 0.6 is 11.3 Å². The van der Waals surface area contributed by atoms with Crippen molar-refractivity contribution < 1.29 is 35.5 Å². The Morgan fingerprint density at radius 2 is 1.84 bits per heavy atom. The molecule has 0 aliphatic carbocycles. The van der Waals surface area contributed by atoms with Crippen molar-refractivity contribution in [2.75, 3.05) is 4.31 Å². The summed E-state index contributed by atoms with van der Waals surface area (Å²) in [6.45, 7) is -0.456. The van der Waals surface area contributed by atoms with Crippen LogP contribution < -0.4 is 14.8 Å². The molecule has 3 aromatic rings. The first-order valence-electron chi connectivity index (χ1n) is 8.33. The number of aromatic nitrogens is 1. The first-order valence-corrected chi connectivity index (χ1v) is 10.7. The summed E-state index contributed by atoms with van der Waals surface area (Å²) in [5.74, 6) is -3.09. The highest BCUT2D eigenvalue weighted by Crippen LogP contribution is 2.31. The quantitative estimate of drug-likeness (QED) is 0.526. The second-order valence-corrected chi connectivity index (χ2v) is 8.76. The van der Waals surface area contributed by atoms with Gasteiger partial charge < -0.3 is 10.5 Å². The number of alkyl halides is 3. The number of carbonyl (C=O) groups excluding carboxylic acids is 1. The molecule has 0 fully saturated rings. The topological polar surface area (TPSA) is 103 Å². The fourth-order valence-electron chi connectivity index (χ4n) is 2.53. The fraction of sp³-hybridized carbons (Fsp3) is 0.111. The van der Waals surface area contributed by atoms with Crippen molar-refractivity contribution in [3.63, 3.8) is 0 Å². The maximum Gasteiger partial charge on any atom is 0.573 e. The number of rotatable bonds is 7. The van der Waals surface area contributed by atoms with Gasteiger partial charge >= 0.3 is 6.36 Å². The van der Waals surface area contributed by atoms with Crippen molar-refractivity contribution >= 4 is 32.4 Å². The largest absolute Gasteiger partial charge is 0.573 e. The minimum absolute atomic E-state index is 0.0215. The van der Waals surface area contributed by atoms with E-state index in [1.165, 1.54) is 35.8 Å². The standard InChI is InChI=1S/C18H13F4N3O4S2/c19-14-6-1-11(9-15(14)29-18(20,21)22)10-25(17-24-7-8-30-17)31(27,28)13-4-2-12(3-5-13)16(23)26/h1-9H,10H2,(H2,23,26). The molecule has 2 aromatic carbocycles. The molecule has 0 atom stereocenters. The normalized spacial score (nSPS) is 11.9. The van der Waals surface area contributed by atoms with Crippen LogP contribution in [0.3, 0.4) is 0 Å². The van der Waals surface area contributed by atoms with Crippen LogP contribution in [0.1, 0.15) is 15.9 Å². The van der Waals surface area contributed by atoms with Crippen molar-refractivity contribution in [2.24, 2.45) is 5.73 Å². The van der Waals surface area contributed by atoms with Crippen LogP contribution in [0.25, 0.3) is 0 Å². The monoisotopic (exact) mass is 475 g/mol. The Hall–Kier alpha value is -3.19. The minimum Gasteiger partial charge on any atom is -0.403 e. The van der Waals surface area contributed by atoms with Crippen molar-refractivity contribution in [3.8, 4) is 5.75 Å². The third-order valence-electron chi connectivity index (χ3n) is 3.91. The van der Waals surface area contributed by atoms with Gasteiger partial charge in [0.05, 0.1) is 11.4 Å². The van der Waals surface area contributed by atoms with E-state index in [1.54, 1.807) is 0 Å². The molecule has 0 aliphatic heterocycles. The van der Waals surface area contributed by atoms with Crippen LogP contribution in [0.2, 0.25) is 0 Å². The maximum absolute atomic E-state index is 13.7. The number of primary amides is 1. The number of amides is 1. The summed E-state index contributed by atoms with van der Waals surface area (Å²) in [5.41, 5.74) is 5.26. The molecule has 13 heteroatoms. The number of hydrogen-bond acceptors (Lipinski definition) is 6. The molecular weight excluding hydrogens is 462 g/mol. The lowest BCUT2D eigenvalue weighted by molar-refractivity contribution is -0.275. The highest BCUT2D eigenvalue weighted by molar-refractivity contribution is 7.93. The molecule has 2 N–H and O–H groups in total. The smallest absolute Gasteiger partial charge is 0.403 e. The summed E-state index contributed by atoms with van der Waals surface area (Å²) in [5, 5.41) is 1.54. The number of nitrogens with zero attached hydrogens (tertiary/aromatic N) is 2. The molecule has 0 spiro atoms. The van der Waals surface area contributed by atoms with Gasteiger partial charge in [0.25, 0.3) is 10.0 Å². The van der Waals surface area contributed by atoms with Crippen molar-refractivity contribution in [1.29, 1.82) is 0 Å². The zero-order valence-corrected chi connectivity index (χ0v) is 17.0. The number of benzene rings is 2. The Balaban J connectivity index is 1.99. The fourth-order valence-corrected chi connectivity index (χ4v) is 4.80. The first kappa shape index (κ1) is 22.5. The number of sulfonamides is 1. The molecular formula is C18H13F4N3O4S2. The Morgan fingerprint density at radius 1 is 1.16 bits per heavy atom. The molecule has 31 heavy (non-hydrogen) atoms. The summed E-state index contributed by atoms with van der Waals surface area (Å²) in [7, 11) is -4.25. The lowest BCUT2D eigenvalue weighted by atomic mass is 10.2. The molecule has 0 unspecified atom stereocenters. The van der Waals surface area contributed by atoms with Gasteiger partial charge in [0.15, 0.2) is 16.7 Å². The van der Waals surface area contributed by atoms with E-state index >= 15 is 0 Å². The van der Waals surface area contributed by atoms with E-state index in [0.717, 1.165) is 33.8 Å². The van der Waals surface area contributed by atoms with E-state index in [-0.39, 0.29) is 21.2 Å². The van der Waals surface area contributed by atoms with Gasteiger partial charge in [-0.15, -0.1) is 24.5 Å². The summed E-state index contributed by atoms with van der Waals surface area (Å²) < 4.78 is 82.1. The highest BCUT2D eigenvalue weighted by atomic mass is 32.2. The predicted molar refractivity (Wildman–Crippen MR) is 104 cm³/mol. The minimum atomic E-state index is -5.12. The number of hydrogen-bond donors (Lipinski definition) is 1. The molecule has 0 saturated heterocycles. The molecule has 164 valence electrons. The van der Waals surface area contributed by atoms with Crippen LogP contribution in [0.15, 0.2) is 58.9 Å². The number of anilines is 1. The van der Waals surface area contributed by atoms with Crippen molar-refractivity contribution in [2.45, 2.75) is 17.8 Å². The third-order valence-corrected chi connectivity index (χ3v) is 6.57. The van der Waals surface area contributed by atoms with Gasteiger partial charge in [-0.3, -0.25) is 4.79 Å². The van der Waals surface area contributed by atoms with Crippen LogP contribution in [0, 0.1) is 5.82 Å². The van der Waals surface area contributed by atoms with Gasteiger partial charge in [0, 0.05) is 17.1 Å². The Bertz CT molecular complexity index is 1180. The lowest BCUT2D eigenvalue weighted by Gasteiger charge is -2.22. The van der Waals surface area contributed by atoms with E-state index in [2.05, 4.69) is 9.72 Å². The molecule has 7 nitrogen and oxygen atoms in total. The zero-order chi connectivity index (χ0) is 22.8. The molecule has 1 aromatic heterocycles. The van der Waals surface area contributed by atoms with Gasteiger partial charge in [-0.25, -0.2) is 22.1 Å². The second-order valence-electron chi connectivity index (χ2n) is 6.03. The summed E-state index contributed by atoms with van der Waals surface area (Å²) in [6.07, 6.45) is -3.77. The number of carbonyl (C=O) groups is 1. The van der Waals surface area contributed by atoms with Crippen LogP contribution in [-0.4, -0.2) is 25.7 Å². The molecule has 0 aliphatic rings. The Labute approximate surface area is 177 Å². The van der Waals surface area contributed by atoms with Crippen molar-refractivity contribution in [3.05, 3.63) is 71.0 Å². The van der Waals surface area contributed by atoms with E-state index < -0.39 is 40.4 Å². The Kier molecular flexibility index (Phi) is 6.18. The van der Waals surface area contributed by atoms with E-state index in [9.17, 15) is 30.8 Å². The van der Waals surface area contributed by atoms with Gasteiger partial charge in [-0.05, 0) is 42.0 Å².